The van der Waals surface area contributed by atoms with Gasteiger partial charge in [-0.05, 0) is 57.7 Å². The Balaban J connectivity index is 2.17. The number of halogens is 2. The number of hydrogen-bond acceptors (Lipinski definition) is 2. The largest absolute Gasteiger partial charge is 0.336 e. The van der Waals surface area contributed by atoms with Gasteiger partial charge in [0.25, 0.3) is 5.91 Å². The van der Waals surface area contributed by atoms with E-state index in [4.69, 9.17) is 0 Å². The minimum absolute atomic E-state index is 0.142. The lowest BCUT2D eigenvalue weighted by molar-refractivity contribution is 0.0663. The quantitative estimate of drug-likeness (QED) is 0.666. The standard InChI is InChI=1S/C12H14BrIN2O/c1-15-5-7-16(8-6-15)12(17)9-3-2-4-10(13)11(9)14/h2-4H,5-8H2,1H3. The first-order valence-electron chi connectivity index (χ1n) is 5.51. The van der Waals surface area contributed by atoms with Crippen LogP contribution in [0.3, 0.4) is 0 Å². The minimum Gasteiger partial charge on any atom is -0.336 e. The Labute approximate surface area is 123 Å². The van der Waals surface area contributed by atoms with Crippen LogP contribution in [0.5, 0.6) is 0 Å². The maximum Gasteiger partial charge on any atom is 0.255 e. The SMILES string of the molecule is CN1CCN(C(=O)c2cccc(Br)c2I)CC1. The van der Waals surface area contributed by atoms with Crippen LogP contribution in [-0.2, 0) is 0 Å². The second-order valence-corrected chi connectivity index (χ2v) is 6.13. The second kappa shape index (κ2) is 5.67. The van der Waals surface area contributed by atoms with Crippen LogP contribution in [0.4, 0.5) is 0 Å². The molecule has 2 rings (SSSR count). The van der Waals surface area contributed by atoms with Crippen LogP contribution in [0.2, 0.25) is 0 Å². The Hall–Kier alpha value is -0.140. The Morgan fingerprint density at radius 3 is 2.59 bits per heavy atom. The van der Waals surface area contributed by atoms with E-state index in [1.54, 1.807) is 0 Å². The van der Waals surface area contributed by atoms with Gasteiger partial charge in [-0.2, -0.15) is 0 Å². The van der Waals surface area contributed by atoms with Gasteiger partial charge in [-0.3, -0.25) is 4.79 Å². The number of rotatable bonds is 1. The predicted molar refractivity (Wildman–Crippen MR) is 80.3 cm³/mol. The number of carbonyl (C=O) groups excluding carboxylic acids is 1. The van der Waals surface area contributed by atoms with Crippen LogP contribution in [0, 0.1) is 3.57 Å². The lowest BCUT2D eigenvalue weighted by atomic mass is 10.2. The molecule has 0 spiro atoms. The van der Waals surface area contributed by atoms with Gasteiger partial charge >= 0.3 is 0 Å². The highest BCUT2D eigenvalue weighted by Crippen LogP contribution is 2.23. The Morgan fingerprint density at radius 1 is 1.29 bits per heavy atom. The molecule has 5 heteroatoms. The molecular weight excluding hydrogens is 395 g/mol. The van der Waals surface area contributed by atoms with Crippen LogP contribution >= 0.6 is 38.5 Å². The first-order chi connectivity index (χ1) is 8.09. The third-order valence-corrected chi connectivity index (χ3v) is 5.54. The first-order valence-corrected chi connectivity index (χ1v) is 7.38. The van der Waals surface area contributed by atoms with Gasteiger partial charge in [0.1, 0.15) is 0 Å². The molecule has 1 aliphatic heterocycles. The first kappa shape index (κ1) is 13.3. The predicted octanol–water partition coefficient (Wildman–Crippen LogP) is 2.44. The highest BCUT2D eigenvalue weighted by atomic mass is 127. The lowest BCUT2D eigenvalue weighted by Crippen LogP contribution is -2.47. The van der Waals surface area contributed by atoms with Crippen LogP contribution in [0.15, 0.2) is 22.7 Å². The average Bonchev–Trinajstić information content (AvgIpc) is 2.33. The maximum atomic E-state index is 12.4. The van der Waals surface area contributed by atoms with E-state index >= 15 is 0 Å². The molecule has 0 saturated carbocycles. The molecule has 0 aromatic heterocycles. The molecule has 0 unspecified atom stereocenters. The molecule has 0 aliphatic carbocycles. The number of carbonyl (C=O) groups is 1. The van der Waals surface area contributed by atoms with Crippen molar-refractivity contribution in [3.8, 4) is 0 Å². The second-order valence-electron chi connectivity index (χ2n) is 4.20. The number of piperazine rings is 1. The molecule has 3 nitrogen and oxygen atoms in total. The number of benzene rings is 1. The topological polar surface area (TPSA) is 23.6 Å². The lowest BCUT2D eigenvalue weighted by Gasteiger charge is -2.32. The van der Waals surface area contributed by atoms with Crippen LogP contribution in [0.1, 0.15) is 10.4 Å². The fourth-order valence-corrected chi connectivity index (χ4v) is 2.81. The fraction of sp³-hybridized carbons (Fsp3) is 0.417. The Kier molecular flexibility index (Phi) is 4.43. The molecule has 1 heterocycles. The molecule has 0 bridgehead atoms. The molecule has 92 valence electrons. The Bertz CT molecular complexity index is 431. The molecule has 17 heavy (non-hydrogen) atoms. The van der Waals surface area contributed by atoms with Crippen molar-refractivity contribution in [3.05, 3.63) is 31.8 Å². The van der Waals surface area contributed by atoms with E-state index in [1.807, 2.05) is 23.1 Å². The molecule has 0 N–H and O–H groups in total. The van der Waals surface area contributed by atoms with Gasteiger partial charge in [-0.15, -0.1) is 0 Å². The summed E-state index contributed by atoms with van der Waals surface area (Å²) in [5.74, 6) is 0.142. The number of amides is 1. The molecule has 1 aliphatic rings. The van der Waals surface area contributed by atoms with Gasteiger partial charge in [0, 0.05) is 34.2 Å². The normalized spacial score (nSPS) is 17.2. The van der Waals surface area contributed by atoms with E-state index in [1.165, 1.54) is 0 Å². The van der Waals surface area contributed by atoms with Crippen LogP contribution in [0.25, 0.3) is 0 Å². The molecule has 0 atom stereocenters. The van der Waals surface area contributed by atoms with Gasteiger partial charge < -0.3 is 9.80 Å². The van der Waals surface area contributed by atoms with Crippen molar-refractivity contribution in [2.24, 2.45) is 0 Å². The van der Waals surface area contributed by atoms with Crippen molar-refractivity contribution in [2.75, 3.05) is 33.2 Å². The average molecular weight is 409 g/mol. The van der Waals surface area contributed by atoms with Crippen molar-refractivity contribution in [2.45, 2.75) is 0 Å². The summed E-state index contributed by atoms with van der Waals surface area (Å²) in [6.07, 6.45) is 0. The summed E-state index contributed by atoms with van der Waals surface area (Å²) in [6.45, 7) is 3.54. The molecular formula is C12H14BrIN2O. The van der Waals surface area contributed by atoms with Crippen molar-refractivity contribution >= 4 is 44.4 Å². The van der Waals surface area contributed by atoms with E-state index in [9.17, 15) is 4.79 Å². The number of likely N-dealkylation sites (N-methyl/N-ethyl adjacent to an activating group) is 1. The highest BCUT2D eigenvalue weighted by Gasteiger charge is 2.22. The van der Waals surface area contributed by atoms with Gasteiger partial charge in [0.05, 0.1) is 5.56 Å². The summed E-state index contributed by atoms with van der Waals surface area (Å²) in [5.41, 5.74) is 0.796. The van der Waals surface area contributed by atoms with Crippen molar-refractivity contribution < 1.29 is 4.79 Å². The van der Waals surface area contributed by atoms with E-state index in [-0.39, 0.29) is 5.91 Å². The highest BCUT2D eigenvalue weighted by molar-refractivity contribution is 14.1. The monoisotopic (exact) mass is 408 g/mol. The summed E-state index contributed by atoms with van der Waals surface area (Å²) in [6, 6.07) is 5.77. The Morgan fingerprint density at radius 2 is 1.94 bits per heavy atom. The summed E-state index contributed by atoms with van der Waals surface area (Å²) < 4.78 is 1.98. The zero-order valence-electron chi connectivity index (χ0n) is 9.62. The zero-order chi connectivity index (χ0) is 12.4. The molecule has 0 radical (unpaired) electrons. The van der Waals surface area contributed by atoms with Gasteiger partial charge in [-0.25, -0.2) is 0 Å². The maximum absolute atomic E-state index is 12.4. The fourth-order valence-electron chi connectivity index (χ4n) is 1.85. The number of nitrogens with zero attached hydrogens (tertiary/aromatic N) is 2. The molecule has 1 saturated heterocycles. The van der Waals surface area contributed by atoms with Crippen molar-refractivity contribution in [1.82, 2.24) is 9.80 Å². The van der Waals surface area contributed by atoms with Crippen molar-refractivity contribution in [1.29, 1.82) is 0 Å². The number of hydrogen-bond donors (Lipinski definition) is 0. The van der Waals surface area contributed by atoms with Crippen LogP contribution in [-0.4, -0.2) is 48.9 Å². The van der Waals surface area contributed by atoms with Crippen molar-refractivity contribution in [3.63, 3.8) is 0 Å². The third kappa shape index (κ3) is 3.00. The molecule has 1 aromatic rings. The molecule has 1 aromatic carbocycles. The van der Waals surface area contributed by atoms with Gasteiger partial charge in [-0.1, -0.05) is 6.07 Å². The minimum atomic E-state index is 0.142. The van der Waals surface area contributed by atoms with E-state index in [2.05, 4.69) is 50.5 Å². The van der Waals surface area contributed by atoms with E-state index in [0.717, 1.165) is 39.8 Å². The zero-order valence-corrected chi connectivity index (χ0v) is 13.4. The summed E-state index contributed by atoms with van der Waals surface area (Å²) >= 11 is 5.68. The third-order valence-electron chi connectivity index (χ3n) is 2.97. The van der Waals surface area contributed by atoms with Gasteiger partial charge in [0.15, 0.2) is 0 Å². The summed E-state index contributed by atoms with van der Waals surface area (Å²) in [4.78, 5) is 16.5. The van der Waals surface area contributed by atoms with Gasteiger partial charge in [0.2, 0.25) is 0 Å². The van der Waals surface area contributed by atoms with Crippen LogP contribution < -0.4 is 0 Å². The van der Waals surface area contributed by atoms with E-state index < -0.39 is 0 Å². The molecule has 1 amide bonds. The summed E-state index contributed by atoms with van der Waals surface area (Å²) in [7, 11) is 2.09. The molecule has 1 fully saturated rings. The van der Waals surface area contributed by atoms with E-state index in [0.29, 0.717) is 0 Å². The smallest absolute Gasteiger partial charge is 0.255 e. The summed E-state index contributed by atoms with van der Waals surface area (Å²) in [5, 5.41) is 0.